The van der Waals surface area contributed by atoms with Crippen LogP contribution in [0, 0.1) is 0 Å². The predicted octanol–water partition coefficient (Wildman–Crippen LogP) is 5.78. The first-order valence-electron chi connectivity index (χ1n) is 7.87. The van der Waals surface area contributed by atoms with Gasteiger partial charge in [0.25, 0.3) is 5.91 Å². The fourth-order valence-electron chi connectivity index (χ4n) is 2.17. The van der Waals surface area contributed by atoms with E-state index in [2.05, 4.69) is 42.0 Å². The number of amides is 1. The van der Waals surface area contributed by atoms with Crippen LogP contribution in [0.25, 0.3) is 0 Å². The van der Waals surface area contributed by atoms with Gasteiger partial charge in [0.2, 0.25) is 0 Å². The molecule has 0 aliphatic carbocycles. The monoisotopic (exact) mass is 429 g/mol. The molecule has 0 aliphatic heterocycles. The highest BCUT2D eigenvalue weighted by Gasteiger charge is 2.30. The number of carbonyl (C=O) groups excluding carboxylic acids is 1. The summed E-state index contributed by atoms with van der Waals surface area (Å²) in [4.78, 5) is 11.9. The maximum Gasteiger partial charge on any atom is 0.416 e. The predicted molar refractivity (Wildman–Crippen MR) is 98.4 cm³/mol. The Bertz CT molecular complexity index is 781. The van der Waals surface area contributed by atoms with Gasteiger partial charge in [-0.3, -0.25) is 4.79 Å². The van der Waals surface area contributed by atoms with Crippen LogP contribution < -0.4 is 10.1 Å². The standard InChI is InChI=1S/C19H19BrF3NO2/c1-18(2,3)13-6-9-16(15(20)10-13)26-11-17(25)24-14-7-4-12(5-8-14)19(21,22)23/h4-10H,11H2,1-3H3,(H,24,25). The second-order valence-electron chi connectivity index (χ2n) is 6.81. The molecule has 0 atom stereocenters. The highest BCUT2D eigenvalue weighted by atomic mass is 79.9. The van der Waals surface area contributed by atoms with Crippen molar-refractivity contribution in [1.82, 2.24) is 0 Å². The summed E-state index contributed by atoms with van der Waals surface area (Å²) in [5.41, 5.74) is 0.607. The lowest BCUT2D eigenvalue weighted by Crippen LogP contribution is -2.20. The van der Waals surface area contributed by atoms with E-state index in [0.717, 1.165) is 22.2 Å². The van der Waals surface area contributed by atoms with Gasteiger partial charge < -0.3 is 10.1 Å². The van der Waals surface area contributed by atoms with Gasteiger partial charge in [0.15, 0.2) is 6.61 Å². The van der Waals surface area contributed by atoms with E-state index in [1.165, 1.54) is 12.1 Å². The zero-order valence-electron chi connectivity index (χ0n) is 14.6. The van der Waals surface area contributed by atoms with Crippen molar-refractivity contribution in [1.29, 1.82) is 0 Å². The molecule has 0 radical (unpaired) electrons. The highest BCUT2D eigenvalue weighted by molar-refractivity contribution is 9.10. The summed E-state index contributed by atoms with van der Waals surface area (Å²) in [5, 5.41) is 2.50. The Hall–Kier alpha value is -2.02. The first kappa shape index (κ1) is 20.3. The number of halogens is 4. The van der Waals surface area contributed by atoms with Gasteiger partial charge in [0.1, 0.15) is 5.75 Å². The Morgan fingerprint density at radius 3 is 2.12 bits per heavy atom. The summed E-state index contributed by atoms with van der Waals surface area (Å²) in [6, 6.07) is 9.87. The first-order valence-corrected chi connectivity index (χ1v) is 8.66. The molecular weight excluding hydrogens is 411 g/mol. The van der Waals surface area contributed by atoms with E-state index in [9.17, 15) is 18.0 Å². The van der Waals surface area contributed by atoms with E-state index in [4.69, 9.17) is 4.74 Å². The third kappa shape index (κ3) is 5.49. The first-order chi connectivity index (χ1) is 12.0. The molecule has 0 spiro atoms. The van der Waals surface area contributed by atoms with Crippen LogP contribution in [0.2, 0.25) is 0 Å². The summed E-state index contributed by atoms with van der Waals surface area (Å²) in [5.74, 6) is 0.0529. The number of alkyl halides is 3. The lowest BCUT2D eigenvalue weighted by Gasteiger charge is -2.20. The molecule has 0 heterocycles. The molecule has 0 unspecified atom stereocenters. The number of hydrogen-bond donors (Lipinski definition) is 1. The lowest BCUT2D eigenvalue weighted by molar-refractivity contribution is -0.137. The zero-order valence-corrected chi connectivity index (χ0v) is 16.2. The van der Waals surface area contributed by atoms with Gasteiger partial charge in [0.05, 0.1) is 10.0 Å². The van der Waals surface area contributed by atoms with Gasteiger partial charge in [-0.1, -0.05) is 26.8 Å². The number of nitrogens with one attached hydrogen (secondary N) is 1. The van der Waals surface area contributed by atoms with Gasteiger partial charge >= 0.3 is 6.18 Å². The van der Waals surface area contributed by atoms with E-state index >= 15 is 0 Å². The molecule has 1 amide bonds. The molecule has 26 heavy (non-hydrogen) atoms. The number of anilines is 1. The van der Waals surface area contributed by atoms with Gasteiger partial charge in [0, 0.05) is 5.69 Å². The average Bonchev–Trinajstić information content (AvgIpc) is 2.52. The molecule has 1 N–H and O–H groups in total. The molecule has 0 fully saturated rings. The van der Waals surface area contributed by atoms with E-state index in [1.807, 2.05) is 12.1 Å². The Balaban J connectivity index is 1.95. The summed E-state index contributed by atoms with van der Waals surface area (Å²) in [6.45, 7) is 6.01. The molecule has 0 aliphatic rings. The maximum absolute atomic E-state index is 12.5. The maximum atomic E-state index is 12.5. The molecular formula is C19H19BrF3NO2. The van der Waals surface area contributed by atoms with Gasteiger partial charge in [-0.2, -0.15) is 13.2 Å². The van der Waals surface area contributed by atoms with Crippen molar-refractivity contribution in [3.8, 4) is 5.75 Å². The SMILES string of the molecule is CC(C)(C)c1ccc(OCC(=O)Nc2ccc(C(F)(F)F)cc2)c(Br)c1. The quantitative estimate of drug-likeness (QED) is 0.668. The number of ether oxygens (including phenoxy) is 1. The van der Waals surface area contributed by atoms with Crippen molar-refractivity contribution in [2.24, 2.45) is 0 Å². The molecule has 0 saturated heterocycles. The minimum Gasteiger partial charge on any atom is -0.483 e. The van der Waals surface area contributed by atoms with Crippen LogP contribution in [0.4, 0.5) is 18.9 Å². The Morgan fingerprint density at radius 1 is 1.04 bits per heavy atom. The van der Waals surface area contributed by atoms with Crippen molar-refractivity contribution < 1.29 is 22.7 Å². The Labute approximate surface area is 158 Å². The van der Waals surface area contributed by atoms with Crippen LogP contribution in [-0.2, 0) is 16.4 Å². The topological polar surface area (TPSA) is 38.3 Å². The molecule has 2 aromatic rings. The van der Waals surface area contributed by atoms with Crippen molar-refractivity contribution in [2.75, 3.05) is 11.9 Å². The molecule has 140 valence electrons. The van der Waals surface area contributed by atoms with Crippen molar-refractivity contribution >= 4 is 27.5 Å². The van der Waals surface area contributed by atoms with E-state index in [0.29, 0.717) is 5.75 Å². The van der Waals surface area contributed by atoms with Crippen LogP contribution in [0.3, 0.4) is 0 Å². The molecule has 0 saturated carbocycles. The number of benzene rings is 2. The third-order valence-electron chi connectivity index (χ3n) is 3.65. The molecule has 2 aromatic carbocycles. The lowest BCUT2D eigenvalue weighted by atomic mass is 9.87. The second-order valence-corrected chi connectivity index (χ2v) is 7.66. The molecule has 7 heteroatoms. The fraction of sp³-hybridized carbons (Fsp3) is 0.316. The van der Waals surface area contributed by atoms with Gasteiger partial charge in [-0.05, 0) is 63.3 Å². The van der Waals surface area contributed by atoms with Crippen LogP contribution in [0.15, 0.2) is 46.9 Å². The molecule has 0 aromatic heterocycles. The fourth-order valence-corrected chi connectivity index (χ4v) is 2.66. The number of rotatable bonds is 4. The molecule has 3 nitrogen and oxygen atoms in total. The molecule has 2 rings (SSSR count). The summed E-state index contributed by atoms with van der Waals surface area (Å²) in [6.07, 6.45) is -4.41. The minimum atomic E-state index is -4.41. The van der Waals surface area contributed by atoms with Crippen LogP contribution in [0.5, 0.6) is 5.75 Å². The third-order valence-corrected chi connectivity index (χ3v) is 4.27. The summed E-state index contributed by atoms with van der Waals surface area (Å²) >= 11 is 3.42. The van der Waals surface area contributed by atoms with Crippen molar-refractivity contribution in [3.05, 3.63) is 58.1 Å². The Kier molecular flexibility index (Phi) is 6.01. The van der Waals surface area contributed by atoms with E-state index in [1.54, 1.807) is 6.07 Å². The van der Waals surface area contributed by atoms with Crippen LogP contribution in [0.1, 0.15) is 31.9 Å². The van der Waals surface area contributed by atoms with Gasteiger partial charge in [-0.15, -0.1) is 0 Å². The van der Waals surface area contributed by atoms with Crippen molar-refractivity contribution in [3.63, 3.8) is 0 Å². The van der Waals surface area contributed by atoms with Gasteiger partial charge in [-0.25, -0.2) is 0 Å². The number of hydrogen-bond acceptors (Lipinski definition) is 2. The normalized spacial score (nSPS) is 12.0. The largest absolute Gasteiger partial charge is 0.483 e. The molecule has 0 bridgehead atoms. The van der Waals surface area contributed by atoms with Crippen LogP contribution >= 0.6 is 15.9 Å². The van der Waals surface area contributed by atoms with Crippen molar-refractivity contribution in [2.45, 2.75) is 32.4 Å². The summed E-state index contributed by atoms with van der Waals surface area (Å²) < 4.78 is 43.8. The Morgan fingerprint density at radius 2 is 1.62 bits per heavy atom. The van der Waals surface area contributed by atoms with Crippen LogP contribution in [-0.4, -0.2) is 12.5 Å². The minimum absolute atomic E-state index is 0.0129. The highest BCUT2D eigenvalue weighted by Crippen LogP contribution is 2.32. The zero-order chi connectivity index (χ0) is 19.5. The van der Waals surface area contributed by atoms with E-state index in [-0.39, 0.29) is 17.7 Å². The smallest absolute Gasteiger partial charge is 0.416 e. The summed E-state index contributed by atoms with van der Waals surface area (Å²) in [7, 11) is 0. The van der Waals surface area contributed by atoms with E-state index < -0.39 is 17.6 Å². The average molecular weight is 430 g/mol. The number of carbonyl (C=O) groups is 1. The second kappa shape index (κ2) is 7.70.